The highest BCUT2D eigenvalue weighted by Crippen LogP contribution is 2.37. The van der Waals surface area contributed by atoms with Crippen LogP contribution in [-0.2, 0) is 0 Å². The van der Waals surface area contributed by atoms with Gasteiger partial charge in [-0.1, -0.05) is 6.92 Å². The molecule has 3 heteroatoms. The van der Waals surface area contributed by atoms with Crippen molar-refractivity contribution < 1.29 is 10.2 Å². The van der Waals surface area contributed by atoms with Gasteiger partial charge in [-0.3, -0.25) is 4.90 Å². The number of fused-ring (bicyclic) bond motifs is 2. The van der Waals surface area contributed by atoms with E-state index in [2.05, 4.69) is 11.8 Å². The first-order valence-corrected chi connectivity index (χ1v) is 4.34. The summed E-state index contributed by atoms with van der Waals surface area (Å²) in [4.78, 5) is 2.25. The predicted octanol–water partition coefficient (Wildman–Crippen LogP) is -0.568. The van der Waals surface area contributed by atoms with E-state index >= 15 is 0 Å². The molecule has 0 spiro atoms. The summed E-state index contributed by atoms with van der Waals surface area (Å²) in [6.45, 7) is 4.06. The van der Waals surface area contributed by atoms with Crippen LogP contribution in [0.15, 0.2) is 0 Å². The Hall–Kier alpha value is -0.120. The molecule has 1 heterocycles. The maximum Gasteiger partial charge on any atom is 0.0957 e. The van der Waals surface area contributed by atoms with E-state index in [0.717, 1.165) is 19.5 Å². The van der Waals surface area contributed by atoms with Crippen LogP contribution in [0.4, 0.5) is 0 Å². The summed E-state index contributed by atoms with van der Waals surface area (Å²) in [5.74, 6) is 0.329. The van der Waals surface area contributed by atoms with Crippen LogP contribution in [0.5, 0.6) is 0 Å². The van der Waals surface area contributed by atoms with E-state index in [1.165, 1.54) is 0 Å². The molecule has 0 aromatic heterocycles. The lowest BCUT2D eigenvalue weighted by Crippen LogP contribution is -2.48. The van der Waals surface area contributed by atoms with E-state index in [4.69, 9.17) is 0 Å². The first-order valence-electron chi connectivity index (χ1n) is 4.34. The molecule has 0 aromatic carbocycles. The van der Waals surface area contributed by atoms with Gasteiger partial charge in [-0.15, -0.1) is 0 Å². The fourth-order valence-corrected chi connectivity index (χ4v) is 2.44. The van der Waals surface area contributed by atoms with E-state index in [9.17, 15) is 10.2 Å². The lowest BCUT2D eigenvalue weighted by molar-refractivity contribution is -0.0423. The molecule has 3 nitrogen and oxygen atoms in total. The number of nitrogens with zero attached hydrogens (tertiary/aromatic N) is 1. The quantitative estimate of drug-likeness (QED) is 0.536. The topological polar surface area (TPSA) is 43.7 Å². The van der Waals surface area contributed by atoms with E-state index in [1.54, 1.807) is 0 Å². The third-order valence-corrected chi connectivity index (χ3v) is 3.12. The SMILES string of the molecule is CCN1C[C@@H]2C[C@H]1[C@@H](O)[C@H]2O. The number of aliphatic hydroxyl groups is 2. The maximum absolute atomic E-state index is 9.50. The summed E-state index contributed by atoms with van der Waals surface area (Å²) in [5.41, 5.74) is 0. The molecule has 1 aliphatic carbocycles. The fourth-order valence-electron chi connectivity index (χ4n) is 2.44. The lowest BCUT2D eigenvalue weighted by atomic mass is 10.0. The molecule has 0 amide bonds. The second-order valence-corrected chi connectivity index (χ2v) is 3.63. The molecule has 0 aromatic rings. The minimum atomic E-state index is -0.492. The van der Waals surface area contributed by atoms with Gasteiger partial charge in [0.25, 0.3) is 0 Å². The Kier molecular flexibility index (Phi) is 1.67. The average Bonchev–Trinajstić information content (AvgIpc) is 2.53. The molecule has 2 aliphatic rings. The van der Waals surface area contributed by atoms with Gasteiger partial charge in [-0.05, 0) is 13.0 Å². The second kappa shape index (κ2) is 2.44. The van der Waals surface area contributed by atoms with Crippen molar-refractivity contribution in [3.05, 3.63) is 0 Å². The third-order valence-electron chi connectivity index (χ3n) is 3.12. The van der Waals surface area contributed by atoms with Crippen LogP contribution in [0, 0.1) is 5.92 Å². The Bertz CT molecular complexity index is 156. The minimum Gasteiger partial charge on any atom is -0.390 e. The first-order chi connectivity index (χ1) is 5.24. The molecule has 4 atom stereocenters. The minimum absolute atomic E-state index is 0.236. The number of hydrogen-bond donors (Lipinski definition) is 2. The molecule has 1 saturated heterocycles. The highest BCUT2D eigenvalue weighted by molar-refractivity contribution is 5.03. The largest absolute Gasteiger partial charge is 0.390 e. The molecule has 64 valence electrons. The van der Waals surface area contributed by atoms with Gasteiger partial charge in [0.15, 0.2) is 0 Å². The second-order valence-electron chi connectivity index (χ2n) is 3.63. The summed E-state index contributed by atoms with van der Waals surface area (Å²) in [6.07, 6.45) is 0.0346. The van der Waals surface area contributed by atoms with Crippen LogP contribution in [0.2, 0.25) is 0 Å². The Morgan fingerprint density at radius 1 is 1.36 bits per heavy atom. The standard InChI is InChI=1S/C8H15NO2/c1-2-9-4-5-3-6(9)8(11)7(5)10/h5-8,10-11H,2-4H2,1H3/t5-,6-,7-,8+/m0/s1. The van der Waals surface area contributed by atoms with Crippen LogP contribution < -0.4 is 0 Å². The predicted molar refractivity (Wildman–Crippen MR) is 41.2 cm³/mol. The molecule has 11 heavy (non-hydrogen) atoms. The zero-order chi connectivity index (χ0) is 8.01. The van der Waals surface area contributed by atoms with Crippen LogP contribution >= 0.6 is 0 Å². The molecule has 2 rings (SSSR count). The first kappa shape index (κ1) is 7.53. The van der Waals surface area contributed by atoms with Gasteiger partial charge < -0.3 is 10.2 Å². The average molecular weight is 157 g/mol. The molecule has 2 bridgehead atoms. The van der Waals surface area contributed by atoms with E-state index in [1.807, 2.05) is 0 Å². The van der Waals surface area contributed by atoms with Crippen LogP contribution in [0.25, 0.3) is 0 Å². The van der Waals surface area contributed by atoms with Crippen molar-refractivity contribution in [2.24, 2.45) is 5.92 Å². The number of likely N-dealkylation sites (tertiary alicyclic amines) is 1. The highest BCUT2D eigenvalue weighted by atomic mass is 16.3. The zero-order valence-corrected chi connectivity index (χ0v) is 6.77. The van der Waals surface area contributed by atoms with Crippen molar-refractivity contribution in [3.63, 3.8) is 0 Å². The molecule has 2 fully saturated rings. The summed E-state index contributed by atoms with van der Waals surface area (Å²) >= 11 is 0. The van der Waals surface area contributed by atoms with Crippen LogP contribution in [0.1, 0.15) is 13.3 Å². The van der Waals surface area contributed by atoms with Crippen molar-refractivity contribution in [2.45, 2.75) is 31.6 Å². The Morgan fingerprint density at radius 3 is 2.55 bits per heavy atom. The lowest BCUT2D eigenvalue weighted by Gasteiger charge is -2.32. The highest BCUT2D eigenvalue weighted by Gasteiger charge is 2.49. The van der Waals surface area contributed by atoms with Crippen molar-refractivity contribution in [2.75, 3.05) is 13.1 Å². The molecule has 0 unspecified atom stereocenters. The molecular formula is C8H15NO2. The molecule has 2 N–H and O–H groups in total. The summed E-state index contributed by atoms with van der Waals surface area (Å²) in [6, 6.07) is 0.236. The van der Waals surface area contributed by atoms with Gasteiger partial charge in [0.2, 0.25) is 0 Å². The fraction of sp³-hybridized carbons (Fsp3) is 1.00. The van der Waals surface area contributed by atoms with Crippen molar-refractivity contribution in [3.8, 4) is 0 Å². The monoisotopic (exact) mass is 157 g/mol. The van der Waals surface area contributed by atoms with Gasteiger partial charge in [0.1, 0.15) is 0 Å². The molecule has 1 saturated carbocycles. The number of piperidine rings is 1. The van der Waals surface area contributed by atoms with Crippen molar-refractivity contribution >= 4 is 0 Å². The Labute approximate surface area is 66.6 Å². The van der Waals surface area contributed by atoms with Crippen LogP contribution in [0.3, 0.4) is 0 Å². The summed E-state index contributed by atoms with van der Waals surface area (Å²) in [5, 5.41) is 18.9. The van der Waals surface area contributed by atoms with Gasteiger partial charge in [-0.25, -0.2) is 0 Å². The van der Waals surface area contributed by atoms with Crippen molar-refractivity contribution in [1.82, 2.24) is 4.90 Å². The number of rotatable bonds is 1. The summed E-state index contributed by atoms with van der Waals surface area (Å²) < 4.78 is 0. The Morgan fingerprint density at radius 2 is 2.09 bits per heavy atom. The zero-order valence-electron chi connectivity index (χ0n) is 6.77. The Balaban J connectivity index is 2.10. The number of hydrogen-bond acceptors (Lipinski definition) is 3. The van der Waals surface area contributed by atoms with E-state index in [0.29, 0.717) is 5.92 Å². The smallest absolute Gasteiger partial charge is 0.0957 e. The van der Waals surface area contributed by atoms with Gasteiger partial charge >= 0.3 is 0 Å². The molecule has 1 aliphatic heterocycles. The third kappa shape index (κ3) is 0.916. The van der Waals surface area contributed by atoms with Crippen molar-refractivity contribution in [1.29, 1.82) is 0 Å². The van der Waals surface area contributed by atoms with Gasteiger partial charge in [0, 0.05) is 18.5 Å². The molecular weight excluding hydrogens is 142 g/mol. The maximum atomic E-state index is 9.50. The normalized spacial score (nSPS) is 50.5. The summed E-state index contributed by atoms with van der Waals surface area (Å²) in [7, 11) is 0. The van der Waals surface area contributed by atoms with Crippen LogP contribution in [-0.4, -0.2) is 46.5 Å². The van der Waals surface area contributed by atoms with E-state index in [-0.39, 0.29) is 6.04 Å². The number of aliphatic hydroxyl groups excluding tert-OH is 2. The van der Waals surface area contributed by atoms with E-state index < -0.39 is 12.2 Å². The van der Waals surface area contributed by atoms with Gasteiger partial charge in [-0.2, -0.15) is 0 Å². The number of likely N-dealkylation sites (N-methyl/N-ethyl adjacent to an activating group) is 1. The molecule has 0 radical (unpaired) electrons. The van der Waals surface area contributed by atoms with Gasteiger partial charge in [0.05, 0.1) is 12.2 Å².